The smallest absolute Gasteiger partial charge is 0.296 e. The fourth-order valence-corrected chi connectivity index (χ4v) is 6.12. The van der Waals surface area contributed by atoms with Gasteiger partial charge >= 0.3 is 0 Å². The van der Waals surface area contributed by atoms with E-state index in [0.29, 0.717) is 16.7 Å². The van der Waals surface area contributed by atoms with E-state index in [2.05, 4.69) is 20.9 Å². The van der Waals surface area contributed by atoms with Crippen LogP contribution in [-0.4, -0.2) is 23.1 Å². The molecule has 168 valence electrons. The second-order valence-corrected chi connectivity index (χ2v) is 10.9. The standard InChI is InChI=1S/C24H25BrN2O4S/c1-2-20(16-8-4-3-5-9-16)27-22(17-10-6-7-11-17)26-23(28)21(24(27)29)32(30,31)19-14-12-18(25)13-15-19/h3-5,8-9,12-15,17,20,29H,2,6-7,10-11H2,1H3/t20-/m0/s1. The van der Waals surface area contributed by atoms with Crippen molar-refractivity contribution in [3.05, 3.63) is 80.8 Å². The van der Waals surface area contributed by atoms with Crippen molar-refractivity contribution in [1.29, 1.82) is 0 Å². The molecule has 1 N–H and O–H groups in total. The molecule has 0 unspecified atom stereocenters. The van der Waals surface area contributed by atoms with Crippen molar-refractivity contribution in [3.63, 3.8) is 0 Å². The summed E-state index contributed by atoms with van der Waals surface area (Å²) in [5.41, 5.74) is 0.00784. The molecule has 4 rings (SSSR count). The lowest BCUT2D eigenvalue weighted by Gasteiger charge is -2.27. The van der Waals surface area contributed by atoms with Crippen molar-refractivity contribution >= 4 is 25.8 Å². The highest BCUT2D eigenvalue weighted by Gasteiger charge is 2.34. The molecule has 0 aliphatic heterocycles. The Morgan fingerprint density at radius 1 is 1.09 bits per heavy atom. The maximum Gasteiger partial charge on any atom is 0.296 e. The molecule has 0 amide bonds. The molecule has 2 aromatic carbocycles. The van der Waals surface area contributed by atoms with E-state index in [-0.39, 0.29) is 16.9 Å². The maximum absolute atomic E-state index is 13.4. The van der Waals surface area contributed by atoms with E-state index in [0.717, 1.165) is 31.2 Å². The molecule has 6 nitrogen and oxygen atoms in total. The van der Waals surface area contributed by atoms with Gasteiger partial charge in [-0.2, -0.15) is 4.98 Å². The highest BCUT2D eigenvalue weighted by molar-refractivity contribution is 9.10. The van der Waals surface area contributed by atoms with Crippen LogP contribution < -0.4 is 5.56 Å². The Morgan fingerprint density at radius 2 is 1.72 bits per heavy atom. The monoisotopic (exact) mass is 516 g/mol. The summed E-state index contributed by atoms with van der Waals surface area (Å²) in [7, 11) is -4.27. The molecule has 0 bridgehead atoms. The van der Waals surface area contributed by atoms with Gasteiger partial charge in [0, 0.05) is 10.4 Å². The minimum absolute atomic E-state index is 0.01000. The third kappa shape index (κ3) is 4.13. The molecule has 1 heterocycles. The minimum atomic E-state index is -4.27. The topological polar surface area (TPSA) is 89.3 Å². The molecule has 8 heteroatoms. The lowest BCUT2D eigenvalue weighted by atomic mass is 10.0. The van der Waals surface area contributed by atoms with Crippen LogP contribution in [-0.2, 0) is 9.84 Å². The molecule has 1 aromatic heterocycles. The Morgan fingerprint density at radius 3 is 2.31 bits per heavy atom. The Bertz CT molecular complexity index is 1270. The molecule has 1 aliphatic rings. The molecule has 0 spiro atoms. The van der Waals surface area contributed by atoms with Gasteiger partial charge in [0.15, 0.2) is 4.90 Å². The summed E-state index contributed by atoms with van der Waals surface area (Å²) in [5, 5.41) is 11.4. The summed E-state index contributed by atoms with van der Waals surface area (Å²) in [6, 6.07) is 15.2. The zero-order chi connectivity index (χ0) is 22.9. The number of aromatic nitrogens is 2. The Labute approximate surface area is 196 Å². The first-order valence-electron chi connectivity index (χ1n) is 10.8. The highest BCUT2D eigenvalue weighted by Crippen LogP contribution is 2.39. The number of sulfone groups is 1. The predicted octanol–water partition coefficient (Wildman–Crippen LogP) is 5.20. The zero-order valence-corrected chi connectivity index (χ0v) is 20.1. The van der Waals surface area contributed by atoms with Gasteiger partial charge in [0.1, 0.15) is 5.82 Å². The second kappa shape index (κ2) is 9.19. The fourth-order valence-electron chi connectivity index (χ4n) is 4.51. The van der Waals surface area contributed by atoms with Crippen molar-refractivity contribution in [1.82, 2.24) is 9.55 Å². The number of halogens is 1. The summed E-state index contributed by atoms with van der Waals surface area (Å²) in [4.78, 5) is 16.6. The average Bonchev–Trinajstić information content (AvgIpc) is 3.31. The van der Waals surface area contributed by atoms with Crippen LogP contribution in [0.2, 0.25) is 0 Å². The Kier molecular flexibility index (Phi) is 6.53. The van der Waals surface area contributed by atoms with Gasteiger partial charge in [0.25, 0.3) is 5.56 Å². The average molecular weight is 517 g/mol. The normalized spacial score (nSPS) is 15.7. The van der Waals surface area contributed by atoms with E-state index in [9.17, 15) is 18.3 Å². The van der Waals surface area contributed by atoms with Crippen LogP contribution in [0.5, 0.6) is 5.88 Å². The molecule has 1 aliphatic carbocycles. The molecule has 3 aromatic rings. The summed E-state index contributed by atoms with van der Waals surface area (Å²) in [6.07, 6.45) is 4.34. The first-order valence-corrected chi connectivity index (χ1v) is 13.0. The van der Waals surface area contributed by atoms with Gasteiger partial charge < -0.3 is 5.11 Å². The highest BCUT2D eigenvalue weighted by atomic mass is 79.9. The van der Waals surface area contributed by atoms with Crippen molar-refractivity contribution in [2.75, 3.05) is 0 Å². The first kappa shape index (κ1) is 22.7. The number of nitrogens with zero attached hydrogens (tertiary/aromatic N) is 2. The molecule has 1 saturated carbocycles. The lowest BCUT2D eigenvalue weighted by molar-refractivity contribution is 0.352. The van der Waals surface area contributed by atoms with Gasteiger partial charge in [0.05, 0.1) is 10.9 Å². The Balaban J connectivity index is 1.98. The molecule has 0 radical (unpaired) electrons. The van der Waals surface area contributed by atoms with E-state index in [1.807, 2.05) is 37.3 Å². The van der Waals surface area contributed by atoms with Gasteiger partial charge in [-0.05, 0) is 49.1 Å². The number of aromatic hydroxyl groups is 1. The third-order valence-corrected chi connectivity index (χ3v) is 8.40. The van der Waals surface area contributed by atoms with Crippen LogP contribution >= 0.6 is 15.9 Å². The van der Waals surface area contributed by atoms with Crippen LogP contribution in [0.3, 0.4) is 0 Å². The largest absolute Gasteiger partial charge is 0.493 e. The van der Waals surface area contributed by atoms with Crippen molar-refractivity contribution < 1.29 is 13.5 Å². The summed E-state index contributed by atoms with van der Waals surface area (Å²) < 4.78 is 29.1. The van der Waals surface area contributed by atoms with Crippen molar-refractivity contribution in [2.24, 2.45) is 0 Å². The van der Waals surface area contributed by atoms with E-state index < -0.39 is 26.2 Å². The number of hydrogen-bond donors (Lipinski definition) is 1. The van der Waals surface area contributed by atoms with Gasteiger partial charge in [-0.15, -0.1) is 0 Å². The van der Waals surface area contributed by atoms with Crippen molar-refractivity contribution in [2.45, 2.75) is 60.8 Å². The second-order valence-electron chi connectivity index (χ2n) is 8.07. The molecule has 32 heavy (non-hydrogen) atoms. The van der Waals surface area contributed by atoms with Gasteiger partial charge in [-0.3, -0.25) is 9.36 Å². The quantitative estimate of drug-likeness (QED) is 0.486. The Hall–Kier alpha value is -2.45. The molecular formula is C24H25BrN2O4S. The van der Waals surface area contributed by atoms with Crippen LogP contribution in [0.1, 0.15) is 62.4 Å². The SMILES string of the molecule is CC[C@@H](c1ccccc1)n1c(C2CCCC2)nc(=O)c(S(=O)(=O)c2ccc(Br)cc2)c1O. The summed E-state index contributed by atoms with van der Waals surface area (Å²) in [6.45, 7) is 1.97. The van der Waals surface area contributed by atoms with Crippen LogP contribution in [0.15, 0.2) is 73.7 Å². The maximum atomic E-state index is 13.4. The molecule has 1 fully saturated rings. The van der Waals surface area contributed by atoms with Gasteiger partial charge in [-0.25, -0.2) is 8.42 Å². The number of rotatable bonds is 6. The van der Waals surface area contributed by atoms with Crippen LogP contribution in [0, 0.1) is 0 Å². The van der Waals surface area contributed by atoms with Crippen LogP contribution in [0.25, 0.3) is 0 Å². The van der Waals surface area contributed by atoms with E-state index in [1.165, 1.54) is 12.1 Å². The summed E-state index contributed by atoms with van der Waals surface area (Å²) >= 11 is 3.29. The van der Waals surface area contributed by atoms with Gasteiger partial charge in [0.2, 0.25) is 15.7 Å². The fraction of sp³-hybridized carbons (Fsp3) is 0.333. The van der Waals surface area contributed by atoms with E-state index in [1.54, 1.807) is 16.7 Å². The van der Waals surface area contributed by atoms with Crippen LogP contribution in [0.4, 0.5) is 0 Å². The van der Waals surface area contributed by atoms with E-state index in [4.69, 9.17) is 0 Å². The molecule has 1 atom stereocenters. The molecule has 0 saturated heterocycles. The predicted molar refractivity (Wildman–Crippen MR) is 126 cm³/mol. The minimum Gasteiger partial charge on any atom is -0.493 e. The molecular weight excluding hydrogens is 492 g/mol. The van der Waals surface area contributed by atoms with Crippen molar-refractivity contribution in [3.8, 4) is 5.88 Å². The first-order chi connectivity index (χ1) is 15.3. The lowest BCUT2D eigenvalue weighted by Crippen LogP contribution is -2.28. The third-order valence-electron chi connectivity index (χ3n) is 6.08. The zero-order valence-electron chi connectivity index (χ0n) is 17.7. The van der Waals surface area contributed by atoms with E-state index >= 15 is 0 Å². The van der Waals surface area contributed by atoms with Gasteiger partial charge in [-0.1, -0.05) is 66.0 Å². The number of hydrogen-bond acceptors (Lipinski definition) is 5. The number of benzene rings is 2. The summed E-state index contributed by atoms with van der Waals surface area (Å²) in [5.74, 6) is -0.0585.